The maximum atomic E-state index is 10.9. The lowest BCUT2D eigenvalue weighted by molar-refractivity contribution is -0.105. The van der Waals surface area contributed by atoms with Crippen LogP contribution < -0.4 is 5.32 Å². The zero-order valence-corrected chi connectivity index (χ0v) is 7.57. The third-order valence-corrected chi connectivity index (χ3v) is 2.49. The van der Waals surface area contributed by atoms with Crippen LogP contribution in [-0.4, -0.2) is 17.2 Å². The van der Waals surface area contributed by atoms with Gasteiger partial charge in [0.25, 0.3) is 0 Å². The van der Waals surface area contributed by atoms with E-state index in [-0.39, 0.29) is 5.78 Å². The van der Waals surface area contributed by atoms with Crippen LogP contribution in [0.4, 0.5) is 5.13 Å². The third-order valence-electron chi connectivity index (χ3n) is 1.30. The van der Waals surface area contributed by atoms with Gasteiger partial charge in [-0.05, 0) is 6.92 Å². The highest BCUT2D eigenvalue weighted by atomic mass is 32.1. The first kappa shape index (κ1) is 8.86. The number of thiazole rings is 1. The summed E-state index contributed by atoms with van der Waals surface area (Å²) in [6.07, 6.45) is 0.544. The molecule has 1 heterocycles. The van der Waals surface area contributed by atoms with Gasteiger partial charge in [0.1, 0.15) is 0 Å². The first-order chi connectivity index (χ1) is 5.65. The molecule has 0 aliphatic rings. The Balaban J connectivity index is 2.99. The van der Waals surface area contributed by atoms with Crippen LogP contribution in [0.2, 0.25) is 0 Å². The topological polar surface area (TPSA) is 59.1 Å². The molecule has 0 bridgehead atoms. The van der Waals surface area contributed by atoms with E-state index in [1.165, 1.54) is 18.3 Å². The SMILES string of the molecule is CC(=O)c1sc(NC=O)nc1C. The number of anilines is 1. The minimum atomic E-state index is -0.0241. The minimum absolute atomic E-state index is 0.0241. The third kappa shape index (κ3) is 1.68. The molecule has 1 aromatic heterocycles. The van der Waals surface area contributed by atoms with Crippen molar-refractivity contribution in [3.8, 4) is 0 Å². The molecule has 0 aromatic carbocycles. The number of nitrogens with one attached hydrogen (secondary N) is 1. The van der Waals surface area contributed by atoms with Crippen LogP contribution in [0.15, 0.2) is 0 Å². The first-order valence-corrected chi connectivity index (χ1v) is 4.15. The highest BCUT2D eigenvalue weighted by Crippen LogP contribution is 2.21. The van der Waals surface area contributed by atoms with Crippen molar-refractivity contribution in [2.45, 2.75) is 13.8 Å². The summed E-state index contributed by atoms with van der Waals surface area (Å²) in [4.78, 5) is 25.5. The van der Waals surface area contributed by atoms with E-state index in [2.05, 4.69) is 10.3 Å². The number of hydrogen-bond acceptors (Lipinski definition) is 4. The Kier molecular flexibility index (Phi) is 2.54. The predicted octanol–water partition coefficient (Wildman–Crippen LogP) is 1.22. The van der Waals surface area contributed by atoms with E-state index in [1.54, 1.807) is 6.92 Å². The van der Waals surface area contributed by atoms with E-state index in [0.717, 1.165) is 0 Å². The van der Waals surface area contributed by atoms with Gasteiger partial charge in [-0.15, -0.1) is 0 Å². The number of amides is 1. The van der Waals surface area contributed by atoms with E-state index >= 15 is 0 Å². The fourth-order valence-corrected chi connectivity index (χ4v) is 1.66. The van der Waals surface area contributed by atoms with Gasteiger partial charge in [-0.3, -0.25) is 9.59 Å². The quantitative estimate of drug-likeness (QED) is 0.567. The molecule has 1 N–H and O–H groups in total. The second-order valence-electron chi connectivity index (χ2n) is 2.25. The van der Waals surface area contributed by atoms with Gasteiger partial charge in [0.15, 0.2) is 10.9 Å². The molecule has 1 aromatic rings. The Morgan fingerprint density at radius 1 is 1.67 bits per heavy atom. The highest BCUT2D eigenvalue weighted by Gasteiger charge is 2.10. The second-order valence-corrected chi connectivity index (χ2v) is 3.25. The van der Waals surface area contributed by atoms with Crippen LogP contribution >= 0.6 is 11.3 Å². The van der Waals surface area contributed by atoms with Crippen LogP contribution in [0.3, 0.4) is 0 Å². The standard InChI is InChI=1S/C7H8N2O2S/c1-4-6(5(2)11)12-7(9-4)8-3-10/h3H,1-2H3,(H,8,9,10). The highest BCUT2D eigenvalue weighted by molar-refractivity contribution is 7.17. The monoisotopic (exact) mass is 184 g/mol. The van der Waals surface area contributed by atoms with E-state index in [0.29, 0.717) is 22.1 Å². The molecule has 0 radical (unpaired) electrons. The molecule has 1 rings (SSSR count). The lowest BCUT2D eigenvalue weighted by Crippen LogP contribution is -1.91. The molecule has 12 heavy (non-hydrogen) atoms. The molecule has 64 valence electrons. The molecule has 0 aliphatic carbocycles. The van der Waals surface area contributed by atoms with Crippen molar-refractivity contribution in [3.63, 3.8) is 0 Å². The number of nitrogens with zero attached hydrogens (tertiary/aromatic N) is 1. The van der Waals surface area contributed by atoms with Gasteiger partial charge in [-0.2, -0.15) is 0 Å². The summed E-state index contributed by atoms with van der Waals surface area (Å²) in [6.45, 7) is 3.22. The summed E-state index contributed by atoms with van der Waals surface area (Å²) in [6, 6.07) is 0. The van der Waals surface area contributed by atoms with Crippen LogP contribution in [0, 0.1) is 6.92 Å². The van der Waals surface area contributed by atoms with Crippen molar-refractivity contribution < 1.29 is 9.59 Å². The number of carbonyl (C=O) groups excluding carboxylic acids is 2. The molecule has 5 heteroatoms. The van der Waals surface area contributed by atoms with Gasteiger partial charge in [0.2, 0.25) is 6.41 Å². The van der Waals surface area contributed by atoms with Crippen molar-refractivity contribution in [3.05, 3.63) is 10.6 Å². The molecule has 0 fully saturated rings. The second kappa shape index (κ2) is 3.44. The Bertz CT molecular complexity index is 319. The molecule has 0 saturated carbocycles. The Labute approximate surface area is 73.6 Å². The van der Waals surface area contributed by atoms with Gasteiger partial charge >= 0.3 is 0 Å². The number of aromatic nitrogens is 1. The molecular weight excluding hydrogens is 176 g/mol. The van der Waals surface area contributed by atoms with Crippen molar-refractivity contribution >= 4 is 28.7 Å². The van der Waals surface area contributed by atoms with E-state index in [1.807, 2.05) is 0 Å². The Hall–Kier alpha value is -1.23. The van der Waals surface area contributed by atoms with Crippen LogP contribution in [0.1, 0.15) is 22.3 Å². The van der Waals surface area contributed by atoms with Crippen molar-refractivity contribution in [2.24, 2.45) is 0 Å². The average molecular weight is 184 g/mol. The first-order valence-electron chi connectivity index (χ1n) is 3.33. The molecule has 0 unspecified atom stereocenters. The van der Waals surface area contributed by atoms with Crippen molar-refractivity contribution in [1.29, 1.82) is 0 Å². The molecule has 0 saturated heterocycles. The summed E-state index contributed by atoms with van der Waals surface area (Å²) in [5, 5.41) is 2.86. The van der Waals surface area contributed by atoms with Gasteiger partial charge in [0, 0.05) is 6.92 Å². The van der Waals surface area contributed by atoms with E-state index in [9.17, 15) is 9.59 Å². The van der Waals surface area contributed by atoms with Crippen LogP contribution in [0.25, 0.3) is 0 Å². The number of Topliss-reactive ketones (excluding diaryl/α,β-unsaturated/α-hetero) is 1. The minimum Gasteiger partial charge on any atom is -0.305 e. The molecule has 0 atom stereocenters. The predicted molar refractivity (Wildman–Crippen MR) is 46.5 cm³/mol. The summed E-state index contributed by atoms with van der Waals surface area (Å²) < 4.78 is 0. The normalized spacial score (nSPS) is 9.50. The largest absolute Gasteiger partial charge is 0.305 e. The lowest BCUT2D eigenvalue weighted by Gasteiger charge is -1.85. The zero-order chi connectivity index (χ0) is 9.14. The molecule has 4 nitrogen and oxygen atoms in total. The summed E-state index contributed by atoms with van der Waals surface area (Å²) >= 11 is 1.19. The number of carbonyl (C=O) groups is 2. The Morgan fingerprint density at radius 3 is 2.75 bits per heavy atom. The number of hydrogen-bond donors (Lipinski definition) is 1. The summed E-state index contributed by atoms with van der Waals surface area (Å²) in [7, 11) is 0. The van der Waals surface area contributed by atoms with E-state index < -0.39 is 0 Å². The zero-order valence-electron chi connectivity index (χ0n) is 6.75. The Morgan fingerprint density at radius 2 is 2.33 bits per heavy atom. The maximum absolute atomic E-state index is 10.9. The van der Waals surface area contributed by atoms with Crippen molar-refractivity contribution in [2.75, 3.05) is 5.32 Å². The molecule has 1 amide bonds. The smallest absolute Gasteiger partial charge is 0.213 e. The summed E-state index contributed by atoms with van der Waals surface area (Å²) in [5.41, 5.74) is 0.664. The molecule has 0 aliphatic heterocycles. The number of ketones is 1. The van der Waals surface area contributed by atoms with Gasteiger partial charge in [0.05, 0.1) is 10.6 Å². The van der Waals surface area contributed by atoms with Gasteiger partial charge < -0.3 is 5.32 Å². The molecule has 0 spiro atoms. The van der Waals surface area contributed by atoms with Gasteiger partial charge in [-0.1, -0.05) is 11.3 Å². The van der Waals surface area contributed by atoms with Crippen molar-refractivity contribution in [1.82, 2.24) is 4.98 Å². The fourth-order valence-electron chi connectivity index (χ4n) is 0.835. The molecular formula is C7H8N2O2S. The van der Waals surface area contributed by atoms with Crippen LogP contribution in [0.5, 0.6) is 0 Å². The van der Waals surface area contributed by atoms with E-state index in [4.69, 9.17) is 0 Å². The maximum Gasteiger partial charge on any atom is 0.213 e. The fraction of sp³-hybridized carbons (Fsp3) is 0.286. The lowest BCUT2D eigenvalue weighted by atomic mass is 10.3. The average Bonchev–Trinajstić information content (AvgIpc) is 2.32. The van der Waals surface area contributed by atoms with Gasteiger partial charge in [-0.25, -0.2) is 4.98 Å². The summed E-state index contributed by atoms with van der Waals surface area (Å²) in [5.74, 6) is -0.0241. The number of aryl methyl sites for hydroxylation is 1. The number of rotatable bonds is 3. The van der Waals surface area contributed by atoms with Crippen LogP contribution in [-0.2, 0) is 4.79 Å².